The fourth-order valence-corrected chi connectivity index (χ4v) is 5.54. The van der Waals surface area contributed by atoms with Crippen LogP contribution in [0.2, 0.25) is 0 Å². The van der Waals surface area contributed by atoms with E-state index in [2.05, 4.69) is 6.92 Å². The summed E-state index contributed by atoms with van der Waals surface area (Å²) in [5.41, 5.74) is -0.688. The topological polar surface area (TPSA) is 68.3 Å². The molecule has 1 spiro atoms. The average Bonchev–Trinajstić information content (AvgIpc) is 2.86. The van der Waals surface area contributed by atoms with Crippen LogP contribution < -0.4 is 0 Å². The van der Waals surface area contributed by atoms with E-state index in [1.807, 2.05) is 13.8 Å². The zero-order valence-corrected chi connectivity index (χ0v) is 16.8. The molecule has 2 bridgehead atoms. The van der Waals surface area contributed by atoms with Gasteiger partial charge in [0, 0.05) is 44.6 Å². The first-order valence-electron chi connectivity index (χ1n) is 9.96. The van der Waals surface area contributed by atoms with Crippen LogP contribution >= 0.6 is 0 Å². The lowest BCUT2D eigenvalue weighted by Gasteiger charge is -2.61. The highest BCUT2D eigenvalue weighted by Gasteiger charge is 2.70. The first kappa shape index (κ1) is 18.9. The molecule has 4 heterocycles. The van der Waals surface area contributed by atoms with Gasteiger partial charge >= 0.3 is 0 Å². The Hall–Kier alpha value is -1.44. The molecule has 150 valence electrons. The van der Waals surface area contributed by atoms with Gasteiger partial charge in [0.2, 0.25) is 17.6 Å². The summed E-state index contributed by atoms with van der Waals surface area (Å²) in [5.74, 6) is -0.529. The van der Waals surface area contributed by atoms with E-state index >= 15 is 0 Å². The third kappa shape index (κ3) is 2.66. The van der Waals surface area contributed by atoms with Crippen molar-refractivity contribution in [2.24, 2.45) is 23.7 Å². The number of piperidine rings is 1. The third-order valence-electron chi connectivity index (χ3n) is 7.12. The van der Waals surface area contributed by atoms with Gasteiger partial charge in [0.25, 0.3) is 0 Å². The van der Waals surface area contributed by atoms with E-state index < -0.39 is 17.6 Å². The average molecular weight is 378 g/mol. The van der Waals surface area contributed by atoms with Gasteiger partial charge in [0.05, 0.1) is 0 Å². The summed E-state index contributed by atoms with van der Waals surface area (Å²) in [6.07, 6.45) is 6.08. The molecule has 4 saturated heterocycles. The smallest absolute Gasteiger partial charge is 0.247 e. The van der Waals surface area contributed by atoms with Crippen molar-refractivity contribution in [3.05, 3.63) is 12.3 Å². The monoisotopic (exact) mass is 378 g/mol. The van der Waals surface area contributed by atoms with Crippen LogP contribution in [-0.4, -0.2) is 53.3 Å². The molecule has 0 radical (unpaired) electrons. The standard InChI is InChI=1S/C20H30N2O5/c1-12-6-7-15-13(2)17(24)22(11-9-16(23)21(4)5)18-20(15)14(12)8-10-19(3,25-18)26-27-20/h9,11-15,18H,6-8,10H2,1-5H3/b11-9+/t12-,13-,14+,15+,18-,19+,20-/m1/s1. The molecule has 0 N–H and O–H groups in total. The zero-order valence-electron chi connectivity index (χ0n) is 16.8. The Morgan fingerprint density at radius 2 is 1.93 bits per heavy atom. The third-order valence-corrected chi connectivity index (χ3v) is 7.12. The number of ether oxygens (including phenoxy) is 1. The minimum atomic E-state index is -0.879. The summed E-state index contributed by atoms with van der Waals surface area (Å²) in [4.78, 5) is 40.3. The largest absolute Gasteiger partial charge is 0.345 e. The molecule has 1 aliphatic carbocycles. The van der Waals surface area contributed by atoms with Gasteiger partial charge in [-0.1, -0.05) is 13.8 Å². The fourth-order valence-electron chi connectivity index (χ4n) is 5.54. The van der Waals surface area contributed by atoms with Crippen LogP contribution in [0.3, 0.4) is 0 Å². The number of carbonyl (C=O) groups is 2. The lowest BCUT2D eigenvalue weighted by atomic mass is 9.57. The van der Waals surface area contributed by atoms with Crippen molar-refractivity contribution in [3.8, 4) is 0 Å². The SMILES string of the molecule is C[C@@H]1CC[C@H]2[C@@H](C)C(=O)N(/C=C/C(=O)N(C)C)[C@@H]3O[C@]4(C)CC[C@@H]1[C@@]23OO4. The molecule has 0 aromatic rings. The van der Waals surface area contributed by atoms with Crippen molar-refractivity contribution in [3.63, 3.8) is 0 Å². The van der Waals surface area contributed by atoms with Crippen LogP contribution in [0.15, 0.2) is 12.3 Å². The van der Waals surface area contributed by atoms with E-state index in [0.29, 0.717) is 5.92 Å². The van der Waals surface area contributed by atoms with Gasteiger partial charge in [-0.25, -0.2) is 9.78 Å². The molecule has 0 aromatic heterocycles. The molecule has 0 unspecified atom stereocenters. The van der Waals surface area contributed by atoms with Gasteiger partial charge in [0.1, 0.15) is 0 Å². The minimum Gasteiger partial charge on any atom is -0.345 e. The van der Waals surface area contributed by atoms with E-state index in [-0.39, 0.29) is 29.6 Å². The Balaban J connectivity index is 1.79. The van der Waals surface area contributed by atoms with Crippen LogP contribution in [0.4, 0.5) is 0 Å². The number of hydrogen-bond acceptors (Lipinski definition) is 5. The van der Waals surface area contributed by atoms with Gasteiger partial charge in [-0.05, 0) is 38.0 Å². The molecular weight excluding hydrogens is 348 g/mol. The Bertz CT molecular complexity index is 679. The predicted octanol–water partition coefficient (Wildman–Crippen LogP) is 2.28. The second kappa shape index (κ2) is 6.29. The summed E-state index contributed by atoms with van der Waals surface area (Å²) in [5, 5.41) is 0. The lowest BCUT2D eigenvalue weighted by molar-refractivity contribution is -0.546. The van der Waals surface area contributed by atoms with E-state index in [1.165, 1.54) is 11.0 Å². The molecule has 7 nitrogen and oxygen atoms in total. The first-order chi connectivity index (χ1) is 12.7. The zero-order chi connectivity index (χ0) is 19.6. The Morgan fingerprint density at radius 3 is 2.63 bits per heavy atom. The van der Waals surface area contributed by atoms with E-state index in [9.17, 15) is 9.59 Å². The van der Waals surface area contributed by atoms with Crippen molar-refractivity contribution in [2.75, 3.05) is 14.1 Å². The van der Waals surface area contributed by atoms with Crippen LogP contribution in [0, 0.1) is 23.7 Å². The maximum atomic E-state index is 13.2. The molecule has 5 fully saturated rings. The molecule has 7 atom stereocenters. The van der Waals surface area contributed by atoms with Crippen molar-refractivity contribution in [1.29, 1.82) is 0 Å². The fraction of sp³-hybridized carbons (Fsp3) is 0.800. The molecule has 5 aliphatic rings. The van der Waals surface area contributed by atoms with Crippen molar-refractivity contribution >= 4 is 11.8 Å². The number of fused-ring (bicyclic) bond motifs is 2. The van der Waals surface area contributed by atoms with Crippen LogP contribution in [0.25, 0.3) is 0 Å². The van der Waals surface area contributed by atoms with Crippen molar-refractivity contribution < 1.29 is 24.1 Å². The molecule has 1 saturated carbocycles. The number of likely N-dealkylation sites (N-methyl/N-ethyl adjacent to an activating group) is 1. The highest BCUT2D eigenvalue weighted by Crippen LogP contribution is 2.60. The number of amides is 2. The van der Waals surface area contributed by atoms with Gasteiger partial charge in [-0.3, -0.25) is 14.5 Å². The number of rotatable bonds is 2. The van der Waals surface area contributed by atoms with Gasteiger partial charge in [-0.15, -0.1) is 0 Å². The molecule has 0 aromatic carbocycles. The Labute approximate surface area is 160 Å². The number of carbonyl (C=O) groups excluding carboxylic acids is 2. The number of hydrogen-bond donors (Lipinski definition) is 0. The maximum Gasteiger partial charge on any atom is 0.247 e. The van der Waals surface area contributed by atoms with Crippen molar-refractivity contribution in [2.45, 2.75) is 64.1 Å². The minimum absolute atomic E-state index is 0.0218. The van der Waals surface area contributed by atoms with Crippen LogP contribution in [0.5, 0.6) is 0 Å². The summed E-state index contributed by atoms with van der Waals surface area (Å²) in [6.45, 7) is 6.09. The van der Waals surface area contributed by atoms with E-state index in [1.54, 1.807) is 25.2 Å². The quantitative estimate of drug-likeness (QED) is 0.545. The Kier molecular flexibility index (Phi) is 4.40. The van der Waals surface area contributed by atoms with E-state index in [0.717, 1.165) is 25.7 Å². The molecule has 7 heteroatoms. The molecular formula is C20H30N2O5. The predicted molar refractivity (Wildman–Crippen MR) is 96.6 cm³/mol. The lowest BCUT2D eigenvalue weighted by Crippen LogP contribution is -2.74. The maximum absolute atomic E-state index is 13.2. The highest BCUT2D eigenvalue weighted by molar-refractivity contribution is 5.88. The molecule has 2 amide bonds. The number of likely N-dealkylation sites (tertiary alicyclic amines) is 1. The molecule has 27 heavy (non-hydrogen) atoms. The summed E-state index contributed by atoms with van der Waals surface area (Å²) >= 11 is 0. The van der Waals surface area contributed by atoms with Crippen LogP contribution in [-0.2, 0) is 24.1 Å². The second-order valence-electron chi connectivity index (χ2n) is 9.01. The van der Waals surface area contributed by atoms with E-state index in [4.69, 9.17) is 14.5 Å². The number of nitrogens with zero attached hydrogens (tertiary/aromatic N) is 2. The van der Waals surface area contributed by atoms with Gasteiger partial charge in [-0.2, -0.15) is 0 Å². The van der Waals surface area contributed by atoms with Gasteiger partial charge in [0.15, 0.2) is 11.8 Å². The molecule has 4 aliphatic heterocycles. The summed E-state index contributed by atoms with van der Waals surface area (Å²) < 4.78 is 6.38. The normalized spacial score (nSPS) is 46.3. The summed E-state index contributed by atoms with van der Waals surface area (Å²) in [6, 6.07) is 0. The Morgan fingerprint density at radius 1 is 1.19 bits per heavy atom. The highest BCUT2D eigenvalue weighted by atomic mass is 17.3. The van der Waals surface area contributed by atoms with Gasteiger partial charge < -0.3 is 9.64 Å². The second-order valence-corrected chi connectivity index (χ2v) is 9.01. The first-order valence-corrected chi connectivity index (χ1v) is 9.96. The summed E-state index contributed by atoms with van der Waals surface area (Å²) in [7, 11) is 3.37. The molecule has 5 rings (SSSR count). The van der Waals surface area contributed by atoms with Crippen molar-refractivity contribution in [1.82, 2.24) is 9.80 Å². The van der Waals surface area contributed by atoms with Crippen LogP contribution in [0.1, 0.15) is 46.5 Å².